The van der Waals surface area contributed by atoms with E-state index < -0.39 is 15.6 Å². The predicted octanol–water partition coefficient (Wildman–Crippen LogP) is 0.541. The molecule has 1 unspecified atom stereocenters. The molecule has 0 saturated carbocycles. The minimum absolute atomic E-state index is 0.239. The summed E-state index contributed by atoms with van der Waals surface area (Å²) in [5, 5.41) is 0. The third-order valence-corrected chi connectivity index (χ3v) is 4.75. The van der Waals surface area contributed by atoms with E-state index in [0.717, 1.165) is 17.6 Å². The van der Waals surface area contributed by atoms with Gasteiger partial charge in [0.1, 0.15) is 18.0 Å². The van der Waals surface area contributed by atoms with Crippen LogP contribution in [0.4, 0.5) is 0 Å². The highest BCUT2D eigenvalue weighted by molar-refractivity contribution is 7.88. The molecule has 1 aromatic carbocycles. The predicted molar refractivity (Wildman–Crippen MR) is 90.5 cm³/mol. The maximum Gasteiger partial charge on any atom is 0.237 e. The summed E-state index contributed by atoms with van der Waals surface area (Å²) in [6.45, 7) is 2.96. The first-order valence-electron chi connectivity index (χ1n) is 7.70. The quantitative estimate of drug-likeness (QED) is 0.771. The fourth-order valence-electron chi connectivity index (χ4n) is 2.63. The van der Waals surface area contributed by atoms with E-state index in [9.17, 15) is 13.2 Å². The minimum Gasteiger partial charge on any atom is -0.491 e. The average Bonchev–Trinajstić information content (AvgIpc) is 2.95. The molecule has 8 heteroatoms. The summed E-state index contributed by atoms with van der Waals surface area (Å²) in [5.41, 5.74) is 0.527. The summed E-state index contributed by atoms with van der Waals surface area (Å²) in [5.74, 6) is 0.491. The van der Waals surface area contributed by atoms with E-state index in [2.05, 4.69) is 4.72 Å². The van der Waals surface area contributed by atoms with E-state index in [1.54, 1.807) is 12.0 Å². The summed E-state index contributed by atoms with van der Waals surface area (Å²) in [7, 11) is -1.79. The Morgan fingerprint density at radius 1 is 1.42 bits per heavy atom. The molecule has 1 N–H and O–H groups in total. The smallest absolute Gasteiger partial charge is 0.237 e. The number of hydrogen-bond acceptors (Lipinski definition) is 5. The third kappa shape index (κ3) is 5.19. The molecule has 1 fully saturated rings. The Kier molecular flexibility index (Phi) is 5.84. The molecule has 0 radical (unpaired) electrons. The van der Waals surface area contributed by atoms with Crippen LogP contribution in [0, 0.1) is 6.92 Å². The number of nitrogens with zero attached hydrogens (tertiary/aromatic N) is 1. The van der Waals surface area contributed by atoms with Crippen LogP contribution in [0.3, 0.4) is 0 Å². The van der Waals surface area contributed by atoms with Crippen molar-refractivity contribution in [3.05, 3.63) is 29.8 Å². The number of rotatable bonds is 7. The van der Waals surface area contributed by atoms with Crippen molar-refractivity contribution >= 4 is 15.9 Å². The van der Waals surface area contributed by atoms with Gasteiger partial charge in [-0.25, -0.2) is 13.1 Å². The van der Waals surface area contributed by atoms with Gasteiger partial charge < -0.3 is 14.4 Å². The molecule has 1 aliphatic heterocycles. The molecule has 24 heavy (non-hydrogen) atoms. The van der Waals surface area contributed by atoms with Crippen molar-refractivity contribution in [3.8, 4) is 5.75 Å². The van der Waals surface area contributed by atoms with Gasteiger partial charge in [-0.2, -0.15) is 0 Å². The molecule has 0 aromatic heterocycles. The summed E-state index contributed by atoms with van der Waals surface area (Å²) < 4.78 is 35.9. The molecule has 1 aromatic rings. The zero-order valence-corrected chi connectivity index (χ0v) is 15.1. The number of aryl methyl sites for hydroxylation is 1. The molecular formula is C16H24N2O5S. The first-order valence-corrected chi connectivity index (χ1v) is 9.59. The van der Waals surface area contributed by atoms with Gasteiger partial charge in [-0.3, -0.25) is 4.79 Å². The zero-order chi connectivity index (χ0) is 17.8. The Morgan fingerprint density at radius 2 is 2.17 bits per heavy atom. The van der Waals surface area contributed by atoms with Crippen molar-refractivity contribution < 1.29 is 22.7 Å². The first kappa shape index (κ1) is 18.7. The molecule has 1 amide bonds. The molecule has 1 saturated heterocycles. The molecule has 1 aliphatic rings. The monoisotopic (exact) mass is 356 g/mol. The molecule has 7 nitrogen and oxygen atoms in total. The molecule has 0 spiro atoms. The van der Waals surface area contributed by atoms with Crippen LogP contribution in [0.15, 0.2) is 24.3 Å². The molecule has 0 aliphatic carbocycles. The van der Waals surface area contributed by atoms with Crippen LogP contribution in [0.5, 0.6) is 5.75 Å². The van der Waals surface area contributed by atoms with Crippen LogP contribution in [0.1, 0.15) is 12.0 Å². The van der Waals surface area contributed by atoms with Crippen molar-refractivity contribution in [2.24, 2.45) is 0 Å². The molecule has 2 rings (SSSR count). The number of nitrogens with one attached hydrogen (secondary N) is 1. The maximum atomic E-state index is 12.1. The summed E-state index contributed by atoms with van der Waals surface area (Å²) >= 11 is 0. The van der Waals surface area contributed by atoms with E-state index >= 15 is 0 Å². The number of sulfonamides is 1. The number of amides is 1. The van der Waals surface area contributed by atoms with Crippen LogP contribution in [-0.2, 0) is 19.6 Å². The number of methoxy groups -OCH3 is 1. The standard InChI is InChI=1S/C16H24N2O5S/c1-13-5-4-6-14(9-13)23-12-16(22-2)7-8-18(11-16)15(19)10-17-24(3,20)21/h4-6,9,17H,7-8,10-12H2,1-3H3. The Bertz CT molecular complexity index is 691. The van der Waals surface area contributed by atoms with Crippen molar-refractivity contribution in [1.29, 1.82) is 0 Å². The van der Waals surface area contributed by atoms with Crippen LogP contribution < -0.4 is 9.46 Å². The number of likely N-dealkylation sites (tertiary alicyclic amines) is 1. The molecule has 1 atom stereocenters. The van der Waals surface area contributed by atoms with E-state index in [1.165, 1.54) is 0 Å². The normalized spacial score (nSPS) is 21.0. The SMILES string of the molecule is COC1(COc2cccc(C)c2)CCN(C(=O)CNS(C)(=O)=O)C1. The van der Waals surface area contributed by atoms with Crippen molar-refractivity contribution in [2.75, 3.05) is 39.6 Å². The van der Waals surface area contributed by atoms with Gasteiger partial charge in [0.2, 0.25) is 15.9 Å². The van der Waals surface area contributed by atoms with E-state index in [0.29, 0.717) is 26.1 Å². The topological polar surface area (TPSA) is 84.9 Å². The second kappa shape index (κ2) is 7.50. The van der Waals surface area contributed by atoms with Gasteiger partial charge in [-0.15, -0.1) is 0 Å². The lowest BCUT2D eigenvalue weighted by atomic mass is 10.0. The lowest BCUT2D eigenvalue weighted by Crippen LogP contribution is -2.44. The van der Waals surface area contributed by atoms with E-state index in [4.69, 9.17) is 9.47 Å². The van der Waals surface area contributed by atoms with E-state index in [1.807, 2.05) is 31.2 Å². The Balaban J connectivity index is 1.93. The number of carbonyl (C=O) groups is 1. The van der Waals surface area contributed by atoms with Gasteiger partial charge in [0.25, 0.3) is 0 Å². The molecule has 1 heterocycles. The fourth-order valence-corrected chi connectivity index (χ4v) is 3.01. The van der Waals surface area contributed by atoms with Crippen LogP contribution in [0.2, 0.25) is 0 Å². The van der Waals surface area contributed by atoms with Crippen LogP contribution in [-0.4, -0.2) is 64.4 Å². The highest BCUT2D eigenvalue weighted by Crippen LogP contribution is 2.26. The van der Waals surface area contributed by atoms with Crippen molar-refractivity contribution in [3.63, 3.8) is 0 Å². The molecular weight excluding hydrogens is 332 g/mol. The molecule has 134 valence electrons. The van der Waals surface area contributed by atoms with Gasteiger partial charge >= 0.3 is 0 Å². The summed E-state index contributed by atoms with van der Waals surface area (Å²) in [4.78, 5) is 13.7. The van der Waals surface area contributed by atoms with Crippen molar-refractivity contribution in [1.82, 2.24) is 9.62 Å². The Labute approximate surface area is 143 Å². The maximum absolute atomic E-state index is 12.1. The zero-order valence-electron chi connectivity index (χ0n) is 14.2. The van der Waals surface area contributed by atoms with E-state index in [-0.39, 0.29) is 12.5 Å². The van der Waals surface area contributed by atoms with Gasteiger partial charge in [0.15, 0.2) is 0 Å². The highest BCUT2D eigenvalue weighted by Gasteiger charge is 2.41. The van der Waals surface area contributed by atoms with Gasteiger partial charge in [-0.1, -0.05) is 12.1 Å². The number of hydrogen-bond donors (Lipinski definition) is 1. The van der Waals surface area contributed by atoms with Gasteiger partial charge in [0.05, 0.1) is 19.3 Å². The number of carbonyl (C=O) groups excluding carboxylic acids is 1. The number of benzene rings is 1. The van der Waals surface area contributed by atoms with Gasteiger partial charge in [-0.05, 0) is 31.0 Å². The number of ether oxygens (including phenoxy) is 2. The second-order valence-electron chi connectivity index (χ2n) is 6.15. The Morgan fingerprint density at radius 3 is 2.79 bits per heavy atom. The minimum atomic E-state index is -3.39. The second-order valence-corrected chi connectivity index (χ2v) is 7.98. The van der Waals surface area contributed by atoms with Crippen LogP contribution in [0.25, 0.3) is 0 Å². The lowest BCUT2D eigenvalue weighted by Gasteiger charge is -2.28. The first-order chi connectivity index (χ1) is 11.2. The average molecular weight is 356 g/mol. The van der Waals surface area contributed by atoms with Gasteiger partial charge in [0, 0.05) is 13.7 Å². The molecule has 0 bridgehead atoms. The third-order valence-electron chi connectivity index (χ3n) is 4.08. The highest BCUT2D eigenvalue weighted by atomic mass is 32.2. The van der Waals surface area contributed by atoms with Crippen LogP contribution >= 0.6 is 0 Å². The van der Waals surface area contributed by atoms with Crippen molar-refractivity contribution in [2.45, 2.75) is 18.9 Å². The summed E-state index contributed by atoms with van der Waals surface area (Å²) in [6, 6.07) is 7.73. The summed E-state index contributed by atoms with van der Waals surface area (Å²) in [6.07, 6.45) is 1.67. The lowest BCUT2D eigenvalue weighted by molar-refractivity contribution is -0.130. The Hall–Kier alpha value is -1.64. The fraction of sp³-hybridized carbons (Fsp3) is 0.562. The largest absolute Gasteiger partial charge is 0.491 e.